The normalized spacial score (nSPS) is 10.6. The predicted molar refractivity (Wildman–Crippen MR) is 79.0 cm³/mol. The molecule has 94 valence electrons. The van der Waals surface area contributed by atoms with Crippen molar-refractivity contribution in [3.05, 3.63) is 58.6 Å². The summed E-state index contributed by atoms with van der Waals surface area (Å²) in [6.45, 7) is 6.02. The molecular weight excluding hydrogens is 242 g/mol. The second-order valence-corrected chi connectivity index (χ2v) is 4.87. The smallest absolute Gasteiger partial charge is 0.0487 e. The van der Waals surface area contributed by atoms with Gasteiger partial charge in [-0.1, -0.05) is 60.5 Å². The fraction of sp³-hybridized carbons (Fsp3) is 0.250. The third kappa shape index (κ3) is 3.12. The first kappa shape index (κ1) is 13.1. The minimum Gasteiger partial charge on any atom is -0.313 e. The molecule has 0 aromatic heterocycles. The number of nitrogens with one attached hydrogen (secondary N) is 1. The molecule has 18 heavy (non-hydrogen) atoms. The highest BCUT2D eigenvalue weighted by Gasteiger charge is 2.04. The summed E-state index contributed by atoms with van der Waals surface area (Å²) in [5.41, 5.74) is 4.74. The molecule has 0 saturated carbocycles. The van der Waals surface area contributed by atoms with Crippen molar-refractivity contribution in [3.63, 3.8) is 0 Å². The molecule has 2 aromatic carbocycles. The molecule has 0 unspecified atom stereocenters. The number of hydrogen-bond acceptors (Lipinski definition) is 1. The number of aryl methyl sites for hydroxylation is 1. The zero-order chi connectivity index (χ0) is 13.0. The van der Waals surface area contributed by atoms with Gasteiger partial charge in [-0.2, -0.15) is 0 Å². The standard InChI is InChI=1S/C16H18ClN/c1-3-18-11-13-6-9-15(16(17)10-13)14-7-4-12(2)5-8-14/h4-10,18H,3,11H2,1-2H3. The fourth-order valence-corrected chi connectivity index (χ4v) is 2.22. The lowest BCUT2D eigenvalue weighted by molar-refractivity contribution is 0.727. The summed E-state index contributed by atoms with van der Waals surface area (Å²) >= 11 is 6.35. The highest BCUT2D eigenvalue weighted by Crippen LogP contribution is 2.28. The van der Waals surface area contributed by atoms with E-state index in [1.165, 1.54) is 16.7 Å². The second-order valence-electron chi connectivity index (χ2n) is 4.46. The van der Waals surface area contributed by atoms with E-state index in [4.69, 9.17) is 11.6 Å². The van der Waals surface area contributed by atoms with Gasteiger partial charge in [0.1, 0.15) is 0 Å². The summed E-state index contributed by atoms with van der Waals surface area (Å²) in [5, 5.41) is 4.11. The van der Waals surface area contributed by atoms with Crippen LogP contribution in [0, 0.1) is 6.92 Å². The van der Waals surface area contributed by atoms with E-state index in [-0.39, 0.29) is 0 Å². The van der Waals surface area contributed by atoms with Crippen LogP contribution in [0.1, 0.15) is 18.1 Å². The van der Waals surface area contributed by atoms with E-state index in [0.717, 1.165) is 23.7 Å². The molecule has 2 rings (SSSR count). The maximum Gasteiger partial charge on any atom is 0.0487 e. The zero-order valence-corrected chi connectivity index (χ0v) is 11.6. The van der Waals surface area contributed by atoms with Gasteiger partial charge in [0, 0.05) is 17.1 Å². The molecular formula is C16H18ClN. The van der Waals surface area contributed by atoms with Gasteiger partial charge < -0.3 is 5.32 Å². The summed E-state index contributed by atoms with van der Waals surface area (Å²) in [7, 11) is 0. The average Bonchev–Trinajstić information content (AvgIpc) is 2.38. The monoisotopic (exact) mass is 259 g/mol. The molecule has 0 saturated heterocycles. The molecule has 0 atom stereocenters. The Morgan fingerprint density at radius 2 is 1.78 bits per heavy atom. The molecule has 0 fully saturated rings. The molecule has 2 heteroatoms. The Bertz CT molecular complexity index is 517. The number of benzene rings is 2. The van der Waals surface area contributed by atoms with Crippen molar-refractivity contribution in [1.82, 2.24) is 5.32 Å². The van der Waals surface area contributed by atoms with Crippen molar-refractivity contribution in [1.29, 1.82) is 0 Å². The van der Waals surface area contributed by atoms with Gasteiger partial charge in [-0.15, -0.1) is 0 Å². The van der Waals surface area contributed by atoms with Gasteiger partial charge in [0.2, 0.25) is 0 Å². The topological polar surface area (TPSA) is 12.0 Å². The SMILES string of the molecule is CCNCc1ccc(-c2ccc(C)cc2)c(Cl)c1. The van der Waals surface area contributed by atoms with E-state index in [0.29, 0.717) is 0 Å². The van der Waals surface area contributed by atoms with Crippen LogP contribution in [0.15, 0.2) is 42.5 Å². The Hall–Kier alpha value is -1.31. The van der Waals surface area contributed by atoms with Crippen LogP contribution in [0.3, 0.4) is 0 Å². The quantitative estimate of drug-likeness (QED) is 0.857. The van der Waals surface area contributed by atoms with Gasteiger partial charge in [-0.25, -0.2) is 0 Å². The van der Waals surface area contributed by atoms with Gasteiger partial charge in [0.15, 0.2) is 0 Å². The molecule has 0 radical (unpaired) electrons. The molecule has 0 aliphatic carbocycles. The van der Waals surface area contributed by atoms with E-state index >= 15 is 0 Å². The summed E-state index contributed by atoms with van der Waals surface area (Å²) in [6.07, 6.45) is 0. The Kier molecular flexibility index (Phi) is 4.40. The van der Waals surface area contributed by atoms with Crippen LogP contribution in [-0.2, 0) is 6.54 Å². The molecule has 0 heterocycles. The van der Waals surface area contributed by atoms with E-state index in [2.05, 4.69) is 55.6 Å². The number of hydrogen-bond donors (Lipinski definition) is 1. The Morgan fingerprint density at radius 3 is 2.39 bits per heavy atom. The minimum absolute atomic E-state index is 0.814. The zero-order valence-electron chi connectivity index (χ0n) is 10.8. The Labute approximate surface area is 114 Å². The predicted octanol–water partition coefficient (Wildman–Crippen LogP) is 4.42. The van der Waals surface area contributed by atoms with Crippen LogP contribution < -0.4 is 5.32 Å². The van der Waals surface area contributed by atoms with E-state index < -0.39 is 0 Å². The van der Waals surface area contributed by atoms with Crippen molar-refractivity contribution < 1.29 is 0 Å². The molecule has 0 bridgehead atoms. The Balaban J connectivity index is 2.26. The van der Waals surface area contributed by atoms with Gasteiger partial charge >= 0.3 is 0 Å². The molecule has 0 aliphatic heterocycles. The molecule has 0 amide bonds. The van der Waals surface area contributed by atoms with Crippen LogP contribution in [0.4, 0.5) is 0 Å². The first-order chi connectivity index (χ1) is 8.70. The first-order valence-electron chi connectivity index (χ1n) is 6.27. The van der Waals surface area contributed by atoms with Crippen LogP contribution in [-0.4, -0.2) is 6.54 Å². The van der Waals surface area contributed by atoms with Crippen LogP contribution >= 0.6 is 11.6 Å². The van der Waals surface area contributed by atoms with E-state index in [1.807, 2.05) is 6.07 Å². The van der Waals surface area contributed by atoms with E-state index in [9.17, 15) is 0 Å². The maximum atomic E-state index is 6.35. The van der Waals surface area contributed by atoms with Crippen molar-refractivity contribution in [3.8, 4) is 11.1 Å². The van der Waals surface area contributed by atoms with Gasteiger partial charge in [-0.3, -0.25) is 0 Å². The molecule has 0 aliphatic rings. The molecule has 2 aromatic rings. The minimum atomic E-state index is 0.814. The third-order valence-corrected chi connectivity index (χ3v) is 3.29. The highest BCUT2D eigenvalue weighted by atomic mass is 35.5. The summed E-state index contributed by atoms with van der Waals surface area (Å²) in [6, 6.07) is 14.7. The lowest BCUT2D eigenvalue weighted by Crippen LogP contribution is -2.11. The van der Waals surface area contributed by atoms with Crippen molar-refractivity contribution >= 4 is 11.6 Å². The second kappa shape index (κ2) is 6.03. The van der Waals surface area contributed by atoms with Crippen molar-refractivity contribution in [2.45, 2.75) is 20.4 Å². The fourth-order valence-electron chi connectivity index (χ4n) is 1.91. The average molecular weight is 260 g/mol. The molecule has 1 N–H and O–H groups in total. The number of halogens is 1. The number of rotatable bonds is 4. The van der Waals surface area contributed by atoms with Crippen molar-refractivity contribution in [2.75, 3.05) is 6.54 Å². The summed E-state index contributed by atoms with van der Waals surface area (Å²) < 4.78 is 0. The maximum absolute atomic E-state index is 6.35. The molecule has 1 nitrogen and oxygen atoms in total. The van der Waals surface area contributed by atoms with E-state index in [1.54, 1.807) is 0 Å². The summed E-state index contributed by atoms with van der Waals surface area (Å²) in [4.78, 5) is 0. The lowest BCUT2D eigenvalue weighted by Gasteiger charge is -2.08. The summed E-state index contributed by atoms with van der Waals surface area (Å²) in [5.74, 6) is 0. The third-order valence-electron chi connectivity index (χ3n) is 2.98. The van der Waals surface area contributed by atoms with Gasteiger partial charge in [-0.05, 0) is 30.7 Å². The van der Waals surface area contributed by atoms with Crippen LogP contribution in [0.5, 0.6) is 0 Å². The van der Waals surface area contributed by atoms with Crippen LogP contribution in [0.25, 0.3) is 11.1 Å². The van der Waals surface area contributed by atoms with Gasteiger partial charge in [0.05, 0.1) is 0 Å². The first-order valence-corrected chi connectivity index (χ1v) is 6.64. The molecule has 0 spiro atoms. The largest absolute Gasteiger partial charge is 0.313 e. The van der Waals surface area contributed by atoms with Gasteiger partial charge in [0.25, 0.3) is 0 Å². The Morgan fingerprint density at radius 1 is 1.06 bits per heavy atom. The van der Waals surface area contributed by atoms with Crippen LogP contribution in [0.2, 0.25) is 5.02 Å². The highest BCUT2D eigenvalue weighted by molar-refractivity contribution is 6.33. The lowest BCUT2D eigenvalue weighted by atomic mass is 10.0. The van der Waals surface area contributed by atoms with Crippen molar-refractivity contribution in [2.24, 2.45) is 0 Å².